The van der Waals surface area contributed by atoms with Crippen LogP contribution in [-0.4, -0.2) is 25.7 Å². The molecule has 1 N–H and O–H groups in total. The first-order chi connectivity index (χ1) is 5.33. The van der Waals surface area contributed by atoms with Gasteiger partial charge in [0.25, 0.3) is 0 Å². The summed E-state index contributed by atoms with van der Waals surface area (Å²) in [6, 6.07) is 0. The van der Waals surface area contributed by atoms with Crippen LogP contribution in [0.25, 0.3) is 0 Å². The molecule has 1 fully saturated rings. The quantitative estimate of drug-likeness (QED) is 0.606. The molecule has 0 aliphatic carbocycles. The normalized spacial score (nSPS) is 17.5. The van der Waals surface area contributed by atoms with E-state index in [4.69, 9.17) is 4.74 Å². The Balaban J connectivity index is 1.96. The number of carbonyl (C=O) groups excluding carboxylic acids is 1. The third kappa shape index (κ3) is 2.89. The van der Waals surface area contributed by atoms with Crippen LogP contribution in [0.4, 0.5) is 0 Å². The zero-order chi connectivity index (χ0) is 8.10. The standard InChI is InChI=1S/C8H15NO2/c1-2-11-8(10)4-3-7-5-9-6-7/h7,9H,2-6H2,1H3. The Morgan fingerprint density at radius 1 is 1.64 bits per heavy atom. The van der Waals surface area contributed by atoms with Crippen molar-refractivity contribution in [3.63, 3.8) is 0 Å². The summed E-state index contributed by atoms with van der Waals surface area (Å²) in [5.41, 5.74) is 0. The van der Waals surface area contributed by atoms with E-state index in [0.717, 1.165) is 19.5 Å². The maximum absolute atomic E-state index is 10.8. The summed E-state index contributed by atoms with van der Waals surface area (Å²) in [6.45, 7) is 4.48. The molecular formula is C8H15NO2. The summed E-state index contributed by atoms with van der Waals surface area (Å²) in [6.07, 6.45) is 1.56. The van der Waals surface area contributed by atoms with E-state index in [9.17, 15) is 4.79 Å². The molecule has 0 amide bonds. The predicted molar refractivity (Wildman–Crippen MR) is 42.2 cm³/mol. The number of hydrogen-bond acceptors (Lipinski definition) is 3. The van der Waals surface area contributed by atoms with Crippen molar-refractivity contribution in [2.45, 2.75) is 19.8 Å². The SMILES string of the molecule is CCOC(=O)CCC1CNC1. The van der Waals surface area contributed by atoms with Gasteiger partial charge in [-0.05, 0) is 32.4 Å². The van der Waals surface area contributed by atoms with E-state index in [1.54, 1.807) is 0 Å². The number of hydrogen-bond donors (Lipinski definition) is 1. The summed E-state index contributed by atoms with van der Waals surface area (Å²) in [4.78, 5) is 10.8. The lowest BCUT2D eigenvalue weighted by Gasteiger charge is -2.26. The van der Waals surface area contributed by atoms with E-state index in [1.807, 2.05) is 6.92 Å². The molecular weight excluding hydrogens is 142 g/mol. The van der Waals surface area contributed by atoms with Crippen LogP contribution in [-0.2, 0) is 9.53 Å². The van der Waals surface area contributed by atoms with Gasteiger partial charge in [0, 0.05) is 6.42 Å². The molecule has 0 unspecified atom stereocenters. The van der Waals surface area contributed by atoms with Crippen molar-refractivity contribution >= 4 is 5.97 Å². The Kier molecular flexibility index (Phi) is 3.36. The van der Waals surface area contributed by atoms with Crippen LogP contribution in [0.5, 0.6) is 0 Å². The molecule has 1 aliphatic rings. The van der Waals surface area contributed by atoms with E-state index < -0.39 is 0 Å². The third-order valence-corrected chi connectivity index (χ3v) is 1.93. The van der Waals surface area contributed by atoms with Crippen molar-refractivity contribution in [2.75, 3.05) is 19.7 Å². The van der Waals surface area contributed by atoms with Crippen LogP contribution in [0.3, 0.4) is 0 Å². The van der Waals surface area contributed by atoms with Crippen molar-refractivity contribution in [3.8, 4) is 0 Å². The molecule has 0 saturated carbocycles. The molecule has 1 saturated heterocycles. The summed E-state index contributed by atoms with van der Waals surface area (Å²) < 4.78 is 4.80. The first-order valence-electron chi connectivity index (χ1n) is 4.19. The van der Waals surface area contributed by atoms with Crippen LogP contribution >= 0.6 is 0 Å². The molecule has 0 aromatic carbocycles. The average molecular weight is 157 g/mol. The number of carbonyl (C=O) groups is 1. The summed E-state index contributed by atoms with van der Waals surface area (Å²) >= 11 is 0. The molecule has 0 aromatic heterocycles. The van der Waals surface area contributed by atoms with E-state index in [0.29, 0.717) is 18.9 Å². The molecule has 0 atom stereocenters. The van der Waals surface area contributed by atoms with Crippen LogP contribution in [0.2, 0.25) is 0 Å². The number of rotatable bonds is 4. The fraction of sp³-hybridized carbons (Fsp3) is 0.875. The fourth-order valence-corrected chi connectivity index (χ4v) is 1.11. The van der Waals surface area contributed by atoms with Gasteiger partial charge in [-0.15, -0.1) is 0 Å². The molecule has 11 heavy (non-hydrogen) atoms. The fourth-order valence-electron chi connectivity index (χ4n) is 1.11. The van der Waals surface area contributed by atoms with Crippen LogP contribution in [0.15, 0.2) is 0 Å². The minimum absolute atomic E-state index is 0.0561. The van der Waals surface area contributed by atoms with E-state index in [-0.39, 0.29) is 5.97 Å². The van der Waals surface area contributed by atoms with Gasteiger partial charge in [-0.25, -0.2) is 0 Å². The van der Waals surface area contributed by atoms with Gasteiger partial charge in [-0.1, -0.05) is 0 Å². The lowest BCUT2D eigenvalue weighted by Crippen LogP contribution is -2.42. The average Bonchev–Trinajstić information content (AvgIpc) is 1.85. The Labute approximate surface area is 67.1 Å². The molecule has 1 rings (SSSR count). The number of esters is 1. The predicted octanol–water partition coefficient (Wildman–Crippen LogP) is 0.549. The van der Waals surface area contributed by atoms with E-state index in [1.165, 1.54) is 0 Å². The Morgan fingerprint density at radius 3 is 2.82 bits per heavy atom. The summed E-state index contributed by atoms with van der Waals surface area (Å²) in [5.74, 6) is 0.652. The van der Waals surface area contributed by atoms with E-state index in [2.05, 4.69) is 5.32 Å². The van der Waals surface area contributed by atoms with Crippen molar-refractivity contribution in [3.05, 3.63) is 0 Å². The molecule has 3 nitrogen and oxygen atoms in total. The van der Waals surface area contributed by atoms with Crippen molar-refractivity contribution in [2.24, 2.45) is 5.92 Å². The molecule has 1 heterocycles. The smallest absolute Gasteiger partial charge is 0.305 e. The maximum Gasteiger partial charge on any atom is 0.305 e. The van der Waals surface area contributed by atoms with Gasteiger partial charge in [-0.3, -0.25) is 4.79 Å². The van der Waals surface area contributed by atoms with Gasteiger partial charge < -0.3 is 10.1 Å². The van der Waals surface area contributed by atoms with Crippen molar-refractivity contribution < 1.29 is 9.53 Å². The Hall–Kier alpha value is -0.570. The summed E-state index contributed by atoms with van der Waals surface area (Å²) in [7, 11) is 0. The Bertz CT molecular complexity index is 132. The lowest BCUT2D eigenvalue weighted by atomic mass is 9.98. The Morgan fingerprint density at radius 2 is 2.36 bits per heavy atom. The second-order valence-electron chi connectivity index (χ2n) is 2.87. The zero-order valence-electron chi connectivity index (χ0n) is 6.93. The second-order valence-corrected chi connectivity index (χ2v) is 2.87. The molecule has 0 radical (unpaired) electrons. The van der Waals surface area contributed by atoms with Gasteiger partial charge in [0.15, 0.2) is 0 Å². The van der Waals surface area contributed by atoms with Gasteiger partial charge in [0.05, 0.1) is 6.61 Å². The van der Waals surface area contributed by atoms with E-state index >= 15 is 0 Å². The summed E-state index contributed by atoms with van der Waals surface area (Å²) in [5, 5.41) is 3.16. The van der Waals surface area contributed by atoms with Gasteiger partial charge in [-0.2, -0.15) is 0 Å². The minimum Gasteiger partial charge on any atom is -0.466 e. The van der Waals surface area contributed by atoms with Crippen LogP contribution < -0.4 is 5.32 Å². The van der Waals surface area contributed by atoms with Gasteiger partial charge in [0.2, 0.25) is 0 Å². The second kappa shape index (κ2) is 4.34. The van der Waals surface area contributed by atoms with Gasteiger partial charge >= 0.3 is 5.97 Å². The highest BCUT2D eigenvalue weighted by atomic mass is 16.5. The van der Waals surface area contributed by atoms with Crippen molar-refractivity contribution in [1.82, 2.24) is 5.32 Å². The van der Waals surface area contributed by atoms with Crippen molar-refractivity contribution in [1.29, 1.82) is 0 Å². The number of ether oxygens (including phenoxy) is 1. The first kappa shape index (κ1) is 8.53. The zero-order valence-corrected chi connectivity index (χ0v) is 6.93. The minimum atomic E-state index is -0.0561. The van der Waals surface area contributed by atoms with Crippen LogP contribution in [0, 0.1) is 5.92 Å². The molecule has 3 heteroatoms. The van der Waals surface area contributed by atoms with Gasteiger partial charge in [0.1, 0.15) is 0 Å². The molecule has 0 spiro atoms. The maximum atomic E-state index is 10.8. The lowest BCUT2D eigenvalue weighted by molar-refractivity contribution is -0.143. The monoisotopic (exact) mass is 157 g/mol. The molecule has 0 aromatic rings. The highest BCUT2D eigenvalue weighted by Crippen LogP contribution is 2.10. The number of nitrogens with one attached hydrogen (secondary N) is 1. The topological polar surface area (TPSA) is 38.3 Å². The highest BCUT2D eigenvalue weighted by molar-refractivity contribution is 5.69. The third-order valence-electron chi connectivity index (χ3n) is 1.93. The largest absolute Gasteiger partial charge is 0.466 e. The van der Waals surface area contributed by atoms with Crippen LogP contribution in [0.1, 0.15) is 19.8 Å². The molecule has 0 bridgehead atoms. The molecule has 1 aliphatic heterocycles. The molecule has 64 valence electrons. The highest BCUT2D eigenvalue weighted by Gasteiger charge is 2.17. The first-order valence-corrected chi connectivity index (χ1v) is 4.19.